The minimum absolute atomic E-state index is 0.384. The molecule has 0 aromatic carbocycles. The van der Waals surface area contributed by atoms with E-state index in [1.165, 1.54) is 0 Å². The predicted molar refractivity (Wildman–Crippen MR) is 35.5 cm³/mol. The maximum atomic E-state index is 11.7. The van der Waals surface area contributed by atoms with E-state index in [-0.39, 0.29) is 0 Å². The first kappa shape index (κ1) is 9.31. The van der Waals surface area contributed by atoms with Gasteiger partial charge in [0.15, 0.2) is 0 Å². The molecule has 1 amide bonds. The molecule has 6 heteroatoms. The van der Waals surface area contributed by atoms with Crippen LogP contribution in [0.3, 0.4) is 0 Å². The van der Waals surface area contributed by atoms with Gasteiger partial charge < -0.3 is 10.6 Å². The highest BCUT2D eigenvalue weighted by Crippen LogP contribution is 2.17. The number of hydrogen-bond acceptors (Lipinski definition) is 2. The molecule has 1 aliphatic heterocycles. The van der Waals surface area contributed by atoms with Crippen molar-refractivity contribution in [3.05, 3.63) is 0 Å². The average molecular weight is 182 g/mol. The molecule has 1 heterocycles. The summed E-state index contributed by atoms with van der Waals surface area (Å²) >= 11 is 0. The predicted octanol–water partition coefficient (Wildman–Crippen LogP) is 0.0268. The Kier molecular flexibility index (Phi) is 2.03. The van der Waals surface area contributed by atoms with Crippen LogP contribution in [0.2, 0.25) is 0 Å². The summed E-state index contributed by atoms with van der Waals surface area (Å²) < 4.78 is 35.1. The molecule has 1 saturated heterocycles. The Labute approximate surface area is 67.3 Å². The largest absolute Gasteiger partial charge is 0.471 e. The zero-order chi connectivity index (χ0) is 9.41. The van der Waals surface area contributed by atoms with Crippen LogP contribution in [0.15, 0.2) is 0 Å². The monoisotopic (exact) mass is 182 g/mol. The minimum atomic E-state index is -4.78. The van der Waals surface area contributed by atoms with Gasteiger partial charge in [-0.25, -0.2) is 0 Å². The lowest BCUT2D eigenvalue weighted by Crippen LogP contribution is -2.68. The molecule has 0 atom stereocenters. The first-order valence-corrected chi connectivity index (χ1v) is 3.44. The Balaban J connectivity index is 2.46. The van der Waals surface area contributed by atoms with E-state index in [0.29, 0.717) is 13.1 Å². The summed E-state index contributed by atoms with van der Waals surface area (Å²) in [5.41, 5.74) is -0.730. The first-order chi connectivity index (χ1) is 5.33. The van der Waals surface area contributed by atoms with Gasteiger partial charge in [-0.2, -0.15) is 13.2 Å². The fraction of sp³-hybridized carbons (Fsp3) is 0.833. The molecular weight excluding hydrogens is 173 g/mol. The molecule has 0 bridgehead atoms. The van der Waals surface area contributed by atoms with E-state index in [1.54, 1.807) is 6.92 Å². The third-order valence-corrected chi connectivity index (χ3v) is 1.70. The van der Waals surface area contributed by atoms with Crippen molar-refractivity contribution in [1.29, 1.82) is 0 Å². The number of carbonyl (C=O) groups excluding carboxylic acids is 1. The molecule has 0 radical (unpaired) electrons. The molecule has 1 rings (SSSR count). The maximum Gasteiger partial charge on any atom is 0.471 e. The molecule has 2 N–H and O–H groups in total. The zero-order valence-electron chi connectivity index (χ0n) is 6.46. The van der Waals surface area contributed by atoms with Gasteiger partial charge in [0.05, 0.1) is 5.54 Å². The van der Waals surface area contributed by atoms with Crippen LogP contribution in [0.25, 0.3) is 0 Å². The topological polar surface area (TPSA) is 41.1 Å². The van der Waals surface area contributed by atoms with Gasteiger partial charge in [-0.05, 0) is 6.92 Å². The second kappa shape index (κ2) is 2.62. The van der Waals surface area contributed by atoms with Crippen molar-refractivity contribution >= 4 is 5.91 Å². The third kappa shape index (κ3) is 1.88. The maximum absolute atomic E-state index is 11.7. The lowest BCUT2D eigenvalue weighted by molar-refractivity contribution is -0.176. The number of rotatable bonds is 1. The number of amides is 1. The van der Waals surface area contributed by atoms with E-state index in [4.69, 9.17) is 0 Å². The molecule has 0 aromatic rings. The van der Waals surface area contributed by atoms with E-state index >= 15 is 0 Å². The molecule has 3 nitrogen and oxygen atoms in total. The molecule has 0 saturated carbocycles. The van der Waals surface area contributed by atoms with Crippen molar-refractivity contribution in [3.63, 3.8) is 0 Å². The Morgan fingerprint density at radius 1 is 1.50 bits per heavy atom. The zero-order valence-corrected chi connectivity index (χ0v) is 6.46. The van der Waals surface area contributed by atoms with Crippen LogP contribution < -0.4 is 10.6 Å². The van der Waals surface area contributed by atoms with Gasteiger partial charge in [0.1, 0.15) is 0 Å². The Bertz CT molecular complexity index is 197. The molecule has 70 valence electrons. The number of hydrogen-bond donors (Lipinski definition) is 2. The fourth-order valence-electron chi connectivity index (χ4n) is 0.933. The van der Waals surface area contributed by atoms with Crippen LogP contribution in [-0.2, 0) is 4.79 Å². The van der Waals surface area contributed by atoms with E-state index in [1.807, 2.05) is 5.32 Å². The summed E-state index contributed by atoms with van der Waals surface area (Å²) in [5, 5.41) is 4.68. The lowest BCUT2D eigenvalue weighted by Gasteiger charge is -2.40. The van der Waals surface area contributed by atoms with E-state index in [9.17, 15) is 18.0 Å². The van der Waals surface area contributed by atoms with Crippen LogP contribution >= 0.6 is 0 Å². The SMILES string of the molecule is CC1(NC(=O)C(F)(F)F)CNC1. The van der Waals surface area contributed by atoms with Crippen molar-refractivity contribution in [2.45, 2.75) is 18.6 Å². The minimum Gasteiger partial charge on any atom is -0.341 e. The lowest BCUT2D eigenvalue weighted by atomic mass is 9.95. The standard InChI is InChI=1S/C6H9F3N2O/c1-5(2-10-3-5)11-4(12)6(7,8)9/h10H,2-3H2,1H3,(H,11,12). The number of nitrogens with one attached hydrogen (secondary N) is 2. The fourth-order valence-corrected chi connectivity index (χ4v) is 0.933. The normalized spacial score (nSPS) is 21.3. The molecule has 0 spiro atoms. The van der Waals surface area contributed by atoms with Gasteiger partial charge in [-0.15, -0.1) is 0 Å². The van der Waals surface area contributed by atoms with Crippen LogP contribution in [0.5, 0.6) is 0 Å². The summed E-state index contributed by atoms with van der Waals surface area (Å²) in [6.45, 7) is 2.33. The van der Waals surface area contributed by atoms with E-state index in [2.05, 4.69) is 5.32 Å². The van der Waals surface area contributed by atoms with Gasteiger partial charge in [-0.1, -0.05) is 0 Å². The quantitative estimate of drug-likeness (QED) is 0.600. The highest BCUT2D eigenvalue weighted by Gasteiger charge is 2.44. The Morgan fingerprint density at radius 2 is 2.00 bits per heavy atom. The second-order valence-electron chi connectivity index (χ2n) is 3.12. The van der Waals surface area contributed by atoms with Gasteiger partial charge in [-0.3, -0.25) is 4.79 Å². The molecule has 1 fully saturated rings. The van der Waals surface area contributed by atoms with Crippen LogP contribution in [0.4, 0.5) is 13.2 Å². The third-order valence-electron chi connectivity index (χ3n) is 1.70. The summed E-state index contributed by atoms with van der Waals surface area (Å²) in [5.74, 6) is -1.87. The van der Waals surface area contributed by atoms with E-state index in [0.717, 1.165) is 0 Å². The van der Waals surface area contributed by atoms with Crippen molar-refractivity contribution in [2.75, 3.05) is 13.1 Å². The summed E-state index contributed by atoms with van der Waals surface area (Å²) in [4.78, 5) is 10.4. The molecular formula is C6H9F3N2O. The summed E-state index contributed by atoms with van der Waals surface area (Å²) in [7, 11) is 0. The van der Waals surface area contributed by atoms with Crippen molar-refractivity contribution in [2.24, 2.45) is 0 Å². The van der Waals surface area contributed by atoms with Crippen molar-refractivity contribution in [3.8, 4) is 0 Å². The summed E-state index contributed by atoms with van der Waals surface area (Å²) in [6, 6.07) is 0. The molecule has 0 aliphatic carbocycles. The smallest absolute Gasteiger partial charge is 0.341 e. The van der Waals surface area contributed by atoms with Gasteiger partial charge in [0.25, 0.3) is 0 Å². The number of carbonyl (C=O) groups is 1. The van der Waals surface area contributed by atoms with Gasteiger partial charge in [0.2, 0.25) is 0 Å². The number of halogens is 3. The van der Waals surface area contributed by atoms with Gasteiger partial charge in [0, 0.05) is 13.1 Å². The second-order valence-corrected chi connectivity index (χ2v) is 3.12. The Hall–Kier alpha value is -0.780. The van der Waals surface area contributed by atoms with Gasteiger partial charge >= 0.3 is 12.1 Å². The molecule has 1 aliphatic rings. The van der Waals surface area contributed by atoms with Crippen LogP contribution in [-0.4, -0.2) is 30.7 Å². The van der Waals surface area contributed by atoms with Crippen LogP contribution in [0, 0.1) is 0 Å². The molecule has 0 aromatic heterocycles. The van der Waals surface area contributed by atoms with E-state index < -0.39 is 17.6 Å². The molecule has 0 unspecified atom stereocenters. The number of alkyl halides is 3. The van der Waals surface area contributed by atoms with Crippen molar-refractivity contribution in [1.82, 2.24) is 10.6 Å². The first-order valence-electron chi connectivity index (χ1n) is 3.44. The molecule has 12 heavy (non-hydrogen) atoms. The van der Waals surface area contributed by atoms with Crippen molar-refractivity contribution < 1.29 is 18.0 Å². The Morgan fingerprint density at radius 3 is 2.25 bits per heavy atom. The summed E-state index contributed by atoms with van der Waals surface area (Å²) in [6.07, 6.45) is -4.78. The average Bonchev–Trinajstić information content (AvgIpc) is 1.82. The highest BCUT2D eigenvalue weighted by atomic mass is 19.4. The van der Waals surface area contributed by atoms with Crippen LogP contribution in [0.1, 0.15) is 6.92 Å². The highest BCUT2D eigenvalue weighted by molar-refractivity contribution is 5.82.